The van der Waals surface area contributed by atoms with Gasteiger partial charge in [-0.15, -0.1) is 0 Å². The molecule has 1 aliphatic heterocycles. The maximum Gasteiger partial charge on any atom is 0.331 e. The second-order valence-corrected chi connectivity index (χ2v) is 6.31. The molecule has 0 saturated carbocycles. The zero-order valence-electron chi connectivity index (χ0n) is 15.6. The monoisotopic (exact) mass is 398 g/mol. The zero-order valence-corrected chi connectivity index (χ0v) is 15.6. The molecular formula is C21H19FN2O5. The molecule has 4 amide bonds. The summed E-state index contributed by atoms with van der Waals surface area (Å²) in [4.78, 5) is 38.0. The van der Waals surface area contributed by atoms with Gasteiger partial charge < -0.3 is 9.84 Å². The third-order valence-electron chi connectivity index (χ3n) is 4.32. The molecule has 0 unspecified atom stereocenters. The molecule has 7 nitrogen and oxygen atoms in total. The molecule has 2 aromatic rings. The van der Waals surface area contributed by atoms with E-state index in [0.29, 0.717) is 18.6 Å². The first kappa shape index (κ1) is 20.1. The van der Waals surface area contributed by atoms with Crippen molar-refractivity contribution in [1.29, 1.82) is 0 Å². The highest BCUT2D eigenvalue weighted by Gasteiger charge is 2.35. The lowest BCUT2D eigenvalue weighted by atomic mass is 10.1. The molecule has 150 valence electrons. The minimum absolute atomic E-state index is 0.0285. The number of phenolic OH excluding ortho intramolecular Hbond substituents is 1. The first-order valence-corrected chi connectivity index (χ1v) is 8.98. The number of barbiturate groups is 1. The van der Waals surface area contributed by atoms with Crippen molar-refractivity contribution in [2.75, 3.05) is 13.2 Å². The van der Waals surface area contributed by atoms with Gasteiger partial charge in [0.05, 0.1) is 6.61 Å². The maximum absolute atomic E-state index is 13.0. The minimum atomic E-state index is -0.806. The van der Waals surface area contributed by atoms with E-state index >= 15 is 0 Å². The number of halogens is 1. The Morgan fingerprint density at radius 1 is 1.14 bits per heavy atom. The first-order valence-electron chi connectivity index (χ1n) is 8.98. The highest BCUT2D eigenvalue weighted by molar-refractivity contribution is 6.31. The van der Waals surface area contributed by atoms with E-state index in [1.807, 2.05) is 0 Å². The summed E-state index contributed by atoms with van der Waals surface area (Å²) in [5.74, 6) is -1.76. The number of carbonyl (C=O) groups is 3. The number of ether oxygens (including phenoxy) is 1. The van der Waals surface area contributed by atoms with Gasteiger partial charge in [-0.3, -0.25) is 19.8 Å². The average molecular weight is 398 g/mol. The third kappa shape index (κ3) is 4.60. The van der Waals surface area contributed by atoms with E-state index in [2.05, 4.69) is 5.32 Å². The average Bonchev–Trinajstić information content (AvgIpc) is 2.69. The fourth-order valence-electron chi connectivity index (χ4n) is 2.85. The van der Waals surface area contributed by atoms with Gasteiger partial charge in [-0.05, 0) is 54.8 Å². The number of urea groups is 1. The summed E-state index contributed by atoms with van der Waals surface area (Å²) in [6.45, 7) is 2.12. The largest absolute Gasteiger partial charge is 0.504 e. The standard InChI is InChI=1S/C21H19FN2O5/c1-2-29-18-12-14(5-8-17(18)25)11-16-19(26)23-21(28)24(20(16)27)10-9-13-3-6-15(22)7-4-13/h3-8,11-12,25H,2,9-10H2,1H3,(H,23,26,28)/b16-11+. The summed E-state index contributed by atoms with van der Waals surface area (Å²) in [5, 5.41) is 11.9. The zero-order chi connectivity index (χ0) is 21.0. The molecule has 1 fully saturated rings. The Balaban J connectivity index is 1.81. The molecule has 29 heavy (non-hydrogen) atoms. The summed E-state index contributed by atoms with van der Waals surface area (Å²) in [6, 6.07) is 9.31. The molecular weight excluding hydrogens is 379 g/mol. The molecule has 2 N–H and O–H groups in total. The number of benzene rings is 2. The van der Waals surface area contributed by atoms with Crippen LogP contribution in [0, 0.1) is 5.82 Å². The fourth-order valence-corrected chi connectivity index (χ4v) is 2.85. The highest BCUT2D eigenvalue weighted by Crippen LogP contribution is 2.28. The number of nitrogens with zero attached hydrogens (tertiary/aromatic N) is 1. The molecule has 8 heteroatoms. The maximum atomic E-state index is 13.0. The van der Waals surface area contributed by atoms with Crippen molar-refractivity contribution in [3.8, 4) is 11.5 Å². The molecule has 0 radical (unpaired) electrons. The van der Waals surface area contributed by atoms with Gasteiger partial charge in [0, 0.05) is 6.54 Å². The van der Waals surface area contributed by atoms with Gasteiger partial charge in [0.2, 0.25) is 0 Å². The number of amides is 4. The highest BCUT2D eigenvalue weighted by atomic mass is 19.1. The topological polar surface area (TPSA) is 95.9 Å². The van der Waals surface area contributed by atoms with E-state index in [1.54, 1.807) is 19.1 Å². The van der Waals surface area contributed by atoms with Crippen LogP contribution in [0.15, 0.2) is 48.0 Å². The Morgan fingerprint density at radius 3 is 2.55 bits per heavy atom. The molecule has 0 aromatic heterocycles. The predicted molar refractivity (Wildman–Crippen MR) is 103 cm³/mol. The van der Waals surface area contributed by atoms with Gasteiger partial charge in [-0.2, -0.15) is 0 Å². The number of rotatable bonds is 6. The SMILES string of the molecule is CCOc1cc(/C=C2\C(=O)NC(=O)N(CCc3ccc(F)cc3)C2=O)ccc1O. The van der Waals surface area contributed by atoms with E-state index in [4.69, 9.17) is 4.74 Å². The minimum Gasteiger partial charge on any atom is -0.504 e. The second kappa shape index (κ2) is 8.55. The molecule has 0 spiro atoms. The van der Waals surface area contributed by atoms with Crippen LogP contribution in [0.1, 0.15) is 18.1 Å². The summed E-state index contributed by atoms with van der Waals surface area (Å²) in [5.41, 5.74) is 0.990. The van der Waals surface area contributed by atoms with Crippen molar-refractivity contribution in [1.82, 2.24) is 10.2 Å². The number of hydrogen-bond donors (Lipinski definition) is 2. The molecule has 3 rings (SSSR count). The van der Waals surface area contributed by atoms with Crippen LogP contribution in [0.4, 0.5) is 9.18 Å². The quantitative estimate of drug-likeness (QED) is 0.576. The Hall–Kier alpha value is -3.68. The van der Waals surface area contributed by atoms with E-state index in [9.17, 15) is 23.9 Å². The molecule has 1 heterocycles. The molecule has 2 aromatic carbocycles. The third-order valence-corrected chi connectivity index (χ3v) is 4.32. The van der Waals surface area contributed by atoms with Gasteiger partial charge >= 0.3 is 6.03 Å². The number of carbonyl (C=O) groups excluding carboxylic acids is 3. The van der Waals surface area contributed by atoms with Crippen LogP contribution in [0.3, 0.4) is 0 Å². The summed E-state index contributed by atoms with van der Waals surface area (Å²) in [7, 11) is 0. The van der Waals surface area contributed by atoms with Gasteiger partial charge in [0.1, 0.15) is 11.4 Å². The van der Waals surface area contributed by atoms with Crippen LogP contribution in [0.2, 0.25) is 0 Å². The number of nitrogens with one attached hydrogen (secondary N) is 1. The molecule has 0 atom stereocenters. The Kier molecular flexibility index (Phi) is 5.92. The lowest BCUT2D eigenvalue weighted by Gasteiger charge is -2.26. The van der Waals surface area contributed by atoms with E-state index in [-0.39, 0.29) is 29.4 Å². The van der Waals surface area contributed by atoms with Gasteiger partial charge in [-0.25, -0.2) is 9.18 Å². The van der Waals surface area contributed by atoms with E-state index in [1.165, 1.54) is 36.4 Å². The number of imide groups is 2. The van der Waals surface area contributed by atoms with Crippen LogP contribution in [0.5, 0.6) is 11.5 Å². The van der Waals surface area contributed by atoms with Crippen molar-refractivity contribution >= 4 is 23.9 Å². The predicted octanol–water partition coefficient (Wildman–Crippen LogP) is 2.63. The van der Waals surface area contributed by atoms with Crippen LogP contribution >= 0.6 is 0 Å². The van der Waals surface area contributed by atoms with Crippen LogP contribution in [0.25, 0.3) is 6.08 Å². The van der Waals surface area contributed by atoms with Crippen molar-refractivity contribution in [3.05, 3.63) is 65.0 Å². The smallest absolute Gasteiger partial charge is 0.331 e. The number of hydrogen-bond acceptors (Lipinski definition) is 5. The lowest BCUT2D eigenvalue weighted by Crippen LogP contribution is -2.54. The van der Waals surface area contributed by atoms with Crippen LogP contribution in [-0.2, 0) is 16.0 Å². The molecule has 0 bridgehead atoms. The Morgan fingerprint density at radius 2 is 1.86 bits per heavy atom. The molecule has 1 saturated heterocycles. The first-order chi connectivity index (χ1) is 13.9. The number of phenols is 1. The van der Waals surface area contributed by atoms with Crippen molar-refractivity contribution in [2.24, 2.45) is 0 Å². The van der Waals surface area contributed by atoms with Gasteiger partial charge in [-0.1, -0.05) is 18.2 Å². The summed E-state index contributed by atoms with van der Waals surface area (Å²) < 4.78 is 18.3. The van der Waals surface area contributed by atoms with E-state index < -0.39 is 17.8 Å². The van der Waals surface area contributed by atoms with Crippen molar-refractivity contribution in [2.45, 2.75) is 13.3 Å². The normalized spacial score (nSPS) is 15.6. The molecule has 1 aliphatic rings. The summed E-state index contributed by atoms with van der Waals surface area (Å²) >= 11 is 0. The van der Waals surface area contributed by atoms with Crippen molar-refractivity contribution in [3.63, 3.8) is 0 Å². The Bertz CT molecular complexity index is 985. The van der Waals surface area contributed by atoms with Crippen LogP contribution in [-0.4, -0.2) is 41.0 Å². The second-order valence-electron chi connectivity index (χ2n) is 6.31. The van der Waals surface area contributed by atoms with Gasteiger partial charge in [0.25, 0.3) is 11.8 Å². The lowest BCUT2D eigenvalue weighted by molar-refractivity contribution is -0.130. The Labute approximate surface area is 166 Å². The molecule has 0 aliphatic carbocycles. The van der Waals surface area contributed by atoms with E-state index in [0.717, 1.165) is 10.5 Å². The van der Waals surface area contributed by atoms with Gasteiger partial charge in [0.15, 0.2) is 11.5 Å². The van der Waals surface area contributed by atoms with Crippen LogP contribution < -0.4 is 10.1 Å². The number of aromatic hydroxyl groups is 1. The van der Waals surface area contributed by atoms with Crippen molar-refractivity contribution < 1.29 is 28.6 Å². The fraction of sp³-hybridized carbons (Fsp3) is 0.190. The summed E-state index contributed by atoms with van der Waals surface area (Å²) in [6.07, 6.45) is 1.64.